The van der Waals surface area contributed by atoms with Crippen LogP contribution in [-0.2, 0) is 10.2 Å². The number of phenolic OH excluding ortho intramolecular Hbond substituents is 1. The largest absolute Gasteiger partial charge is 0.504 e. The van der Waals surface area contributed by atoms with Crippen molar-refractivity contribution in [3.05, 3.63) is 23.8 Å². The highest BCUT2D eigenvalue weighted by atomic mass is 16.5. The molecule has 1 aromatic carbocycles. The molecular weight excluding hydrogens is 280 g/mol. The Bertz CT molecular complexity index is 587. The molecule has 1 unspecified atom stereocenters. The number of carboxylic acid groups (broad SMARTS) is 1. The molecule has 4 nitrogen and oxygen atoms in total. The number of hydrogen-bond acceptors (Lipinski definition) is 3. The second kappa shape index (κ2) is 5.18. The summed E-state index contributed by atoms with van der Waals surface area (Å²) in [7, 11) is 0. The van der Waals surface area contributed by atoms with E-state index >= 15 is 0 Å². The van der Waals surface area contributed by atoms with Crippen molar-refractivity contribution in [1.29, 1.82) is 0 Å². The fourth-order valence-corrected chi connectivity index (χ4v) is 3.71. The summed E-state index contributed by atoms with van der Waals surface area (Å²) in [5, 5.41) is 19.6. The molecule has 0 bridgehead atoms. The predicted octanol–water partition coefficient (Wildman–Crippen LogP) is 3.86. The van der Waals surface area contributed by atoms with Gasteiger partial charge in [-0.15, -0.1) is 0 Å². The summed E-state index contributed by atoms with van der Waals surface area (Å²) in [6.45, 7) is 4.45. The number of hydrogen-bond donors (Lipinski definition) is 2. The molecule has 0 heterocycles. The van der Waals surface area contributed by atoms with Gasteiger partial charge in [-0.3, -0.25) is 4.79 Å². The summed E-state index contributed by atoms with van der Waals surface area (Å²) in [6.07, 6.45) is 5.38. The van der Waals surface area contributed by atoms with Crippen LogP contribution in [0.25, 0.3) is 0 Å². The zero-order valence-electron chi connectivity index (χ0n) is 13.3. The van der Waals surface area contributed by atoms with E-state index in [1.165, 1.54) is 0 Å². The Morgan fingerprint density at radius 1 is 1.27 bits per heavy atom. The fraction of sp³-hybridized carbons (Fsp3) is 0.611. The summed E-state index contributed by atoms with van der Waals surface area (Å²) in [6, 6.07) is 5.01. The van der Waals surface area contributed by atoms with Gasteiger partial charge >= 0.3 is 5.97 Å². The first kappa shape index (κ1) is 15.2. The fourth-order valence-electron chi connectivity index (χ4n) is 3.71. The molecule has 2 saturated carbocycles. The van der Waals surface area contributed by atoms with Gasteiger partial charge in [0.15, 0.2) is 11.5 Å². The SMILES string of the molecule is CC1(C)CCC(Oc2cc(C3(C(=O)O)CCC3)ccc2O)C1. The third-order valence-corrected chi connectivity index (χ3v) is 5.35. The van der Waals surface area contributed by atoms with Gasteiger partial charge in [-0.1, -0.05) is 26.3 Å². The normalized spacial score (nSPS) is 25.5. The van der Waals surface area contributed by atoms with Crippen LogP contribution in [0.1, 0.15) is 57.9 Å². The number of phenols is 1. The summed E-state index contributed by atoms with van der Waals surface area (Å²) >= 11 is 0. The van der Waals surface area contributed by atoms with Crippen molar-refractivity contribution >= 4 is 5.97 Å². The number of carbonyl (C=O) groups is 1. The highest BCUT2D eigenvalue weighted by molar-refractivity contribution is 5.83. The Labute approximate surface area is 131 Å². The highest BCUT2D eigenvalue weighted by Gasteiger charge is 2.46. The molecule has 4 heteroatoms. The highest BCUT2D eigenvalue weighted by Crippen LogP contribution is 2.47. The molecule has 2 N–H and O–H groups in total. The van der Waals surface area contributed by atoms with Gasteiger partial charge in [0.05, 0.1) is 11.5 Å². The molecule has 0 aliphatic heterocycles. The van der Waals surface area contributed by atoms with Crippen molar-refractivity contribution in [1.82, 2.24) is 0 Å². The lowest BCUT2D eigenvalue weighted by molar-refractivity contribution is -0.147. The van der Waals surface area contributed by atoms with E-state index in [9.17, 15) is 15.0 Å². The van der Waals surface area contributed by atoms with E-state index < -0.39 is 11.4 Å². The average molecular weight is 304 g/mol. The number of carboxylic acids is 1. The van der Waals surface area contributed by atoms with Crippen molar-refractivity contribution in [3.8, 4) is 11.5 Å². The van der Waals surface area contributed by atoms with Crippen molar-refractivity contribution in [2.24, 2.45) is 5.41 Å². The lowest BCUT2D eigenvalue weighted by atomic mass is 9.64. The molecule has 2 aliphatic rings. The first-order chi connectivity index (χ1) is 10.3. The first-order valence-corrected chi connectivity index (χ1v) is 8.06. The van der Waals surface area contributed by atoms with E-state index in [-0.39, 0.29) is 17.3 Å². The molecule has 2 fully saturated rings. The maximum Gasteiger partial charge on any atom is 0.314 e. The van der Waals surface area contributed by atoms with Crippen LogP contribution >= 0.6 is 0 Å². The van der Waals surface area contributed by atoms with E-state index in [4.69, 9.17) is 4.74 Å². The van der Waals surface area contributed by atoms with Gasteiger partial charge < -0.3 is 14.9 Å². The Kier molecular flexibility index (Phi) is 3.58. The lowest BCUT2D eigenvalue weighted by Crippen LogP contribution is -2.42. The molecule has 1 aromatic rings. The second-order valence-corrected chi connectivity index (χ2v) is 7.57. The van der Waals surface area contributed by atoms with Gasteiger partial charge in [-0.25, -0.2) is 0 Å². The minimum absolute atomic E-state index is 0.0910. The molecular formula is C18H24O4. The lowest BCUT2D eigenvalue weighted by Gasteiger charge is -2.38. The van der Waals surface area contributed by atoms with Crippen LogP contribution in [0, 0.1) is 5.41 Å². The van der Waals surface area contributed by atoms with Gasteiger partial charge in [0.2, 0.25) is 0 Å². The van der Waals surface area contributed by atoms with Crippen molar-refractivity contribution in [3.63, 3.8) is 0 Å². The number of benzene rings is 1. The summed E-state index contributed by atoms with van der Waals surface area (Å²) in [4.78, 5) is 11.6. The first-order valence-electron chi connectivity index (χ1n) is 8.06. The van der Waals surface area contributed by atoms with Crippen LogP contribution in [0.2, 0.25) is 0 Å². The topological polar surface area (TPSA) is 66.8 Å². The maximum atomic E-state index is 11.6. The Hall–Kier alpha value is -1.71. The van der Waals surface area contributed by atoms with Gasteiger partial charge in [-0.05, 0) is 55.2 Å². The zero-order chi connectivity index (χ0) is 16.0. The van der Waals surface area contributed by atoms with E-state index in [0.717, 1.165) is 31.2 Å². The minimum Gasteiger partial charge on any atom is -0.504 e. The average Bonchev–Trinajstić information content (AvgIpc) is 2.71. The monoisotopic (exact) mass is 304 g/mol. The van der Waals surface area contributed by atoms with E-state index in [1.807, 2.05) is 0 Å². The van der Waals surface area contributed by atoms with Crippen LogP contribution in [0.4, 0.5) is 0 Å². The molecule has 0 saturated heterocycles. The third kappa shape index (κ3) is 2.55. The van der Waals surface area contributed by atoms with Crippen molar-refractivity contribution < 1.29 is 19.7 Å². The van der Waals surface area contributed by atoms with Gasteiger partial charge in [0.1, 0.15) is 0 Å². The predicted molar refractivity (Wildman–Crippen MR) is 83.3 cm³/mol. The second-order valence-electron chi connectivity index (χ2n) is 7.57. The Morgan fingerprint density at radius 2 is 2.00 bits per heavy atom. The Morgan fingerprint density at radius 3 is 2.50 bits per heavy atom. The van der Waals surface area contributed by atoms with E-state index in [1.54, 1.807) is 18.2 Å². The molecule has 0 amide bonds. The zero-order valence-corrected chi connectivity index (χ0v) is 13.3. The summed E-state index contributed by atoms with van der Waals surface area (Å²) < 4.78 is 5.98. The molecule has 0 radical (unpaired) electrons. The third-order valence-electron chi connectivity index (χ3n) is 5.35. The van der Waals surface area contributed by atoms with Crippen molar-refractivity contribution in [2.75, 3.05) is 0 Å². The van der Waals surface area contributed by atoms with Crippen LogP contribution in [0.3, 0.4) is 0 Å². The maximum absolute atomic E-state index is 11.6. The van der Waals surface area contributed by atoms with Gasteiger partial charge in [0, 0.05) is 0 Å². The molecule has 22 heavy (non-hydrogen) atoms. The molecule has 0 spiro atoms. The minimum atomic E-state index is -0.791. The van der Waals surface area contributed by atoms with Gasteiger partial charge in [0.25, 0.3) is 0 Å². The number of aliphatic carboxylic acids is 1. The number of rotatable bonds is 4. The standard InChI is InChI=1S/C18H24O4/c1-17(2)9-6-13(11-17)22-15-10-12(4-5-14(15)19)18(16(20)21)7-3-8-18/h4-5,10,13,19H,3,6-9,11H2,1-2H3,(H,20,21). The quantitative estimate of drug-likeness (QED) is 0.886. The molecule has 2 aliphatic carbocycles. The van der Waals surface area contributed by atoms with Crippen molar-refractivity contribution in [2.45, 2.75) is 63.9 Å². The van der Waals surface area contributed by atoms with Gasteiger partial charge in [-0.2, -0.15) is 0 Å². The molecule has 3 rings (SSSR count). The molecule has 120 valence electrons. The summed E-state index contributed by atoms with van der Waals surface area (Å²) in [5.41, 5.74) is 0.228. The van der Waals surface area contributed by atoms with Crippen LogP contribution in [0.15, 0.2) is 18.2 Å². The van der Waals surface area contributed by atoms with Crippen LogP contribution in [0.5, 0.6) is 11.5 Å². The smallest absolute Gasteiger partial charge is 0.314 e. The molecule has 0 aromatic heterocycles. The number of ether oxygens (including phenoxy) is 1. The Balaban J connectivity index is 1.83. The van der Waals surface area contributed by atoms with E-state index in [2.05, 4.69) is 13.8 Å². The van der Waals surface area contributed by atoms with Crippen LogP contribution < -0.4 is 4.74 Å². The summed E-state index contributed by atoms with van der Waals surface area (Å²) in [5.74, 6) is -0.265. The van der Waals surface area contributed by atoms with E-state index in [0.29, 0.717) is 18.6 Å². The molecule has 1 atom stereocenters. The number of aromatic hydroxyl groups is 1. The van der Waals surface area contributed by atoms with Crippen LogP contribution in [-0.4, -0.2) is 22.3 Å².